The number of ether oxygens (including phenoxy) is 2. The minimum atomic E-state index is -0.0835. The van der Waals surface area contributed by atoms with Gasteiger partial charge >= 0.3 is 0 Å². The van der Waals surface area contributed by atoms with Gasteiger partial charge in [0.05, 0.1) is 17.7 Å². The molecule has 5 nitrogen and oxygen atoms in total. The lowest BCUT2D eigenvalue weighted by Gasteiger charge is -2.45. The van der Waals surface area contributed by atoms with Gasteiger partial charge < -0.3 is 14.4 Å². The summed E-state index contributed by atoms with van der Waals surface area (Å²) in [6.07, 6.45) is 3.56. The van der Waals surface area contributed by atoms with Crippen LogP contribution < -0.4 is 4.90 Å². The van der Waals surface area contributed by atoms with Crippen LogP contribution in [0.5, 0.6) is 0 Å². The summed E-state index contributed by atoms with van der Waals surface area (Å²) in [5.74, 6) is 1.00. The van der Waals surface area contributed by atoms with Crippen molar-refractivity contribution in [2.75, 3.05) is 37.8 Å². The van der Waals surface area contributed by atoms with Gasteiger partial charge in [0.2, 0.25) is 0 Å². The molecule has 0 aliphatic carbocycles. The average molecular weight is 364 g/mol. The summed E-state index contributed by atoms with van der Waals surface area (Å²) < 4.78 is 12.7. The van der Waals surface area contributed by atoms with Crippen molar-refractivity contribution in [3.05, 3.63) is 29.0 Å². The highest BCUT2D eigenvalue weighted by Crippen LogP contribution is 2.33. The largest absolute Gasteiger partial charge is 0.381 e. The number of aromatic nitrogens is 2. The van der Waals surface area contributed by atoms with Crippen molar-refractivity contribution in [3.8, 4) is 0 Å². The van der Waals surface area contributed by atoms with Gasteiger partial charge in [-0.25, -0.2) is 9.97 Å². The second-order valence-electron chi connectivity index (χ2n) is 5.92. The molecule has 3 heterocycles. The number of morpholine rings is 1. The van der Waals surface area contributed by atoms with Crippen LogP contribution in [-0.4, -0.2) is 48.5 Å². The fraction of sp³-hybridized carbons (Fsp3) is 0.500. The molecule has 2 aliphatic rings. The third-order valence-electron chi connectivity index (χ3n) is 4.53. The van der Waals surface area contributed by atoms with Crippen LogP contribution in [0, 0.1) is 0 Å². The van der Waals surface area contributed by atoms with Crippen LogP contribution in [0.25, 0.3) is 10.9 Å². The number of hydrogen-bond donors (Lipinski definition) is 0. The fourth-order valence-electron chi connectivity index (χ4n) is 3.34. The Kier molecular flexibility index (Phi) is 3.76. The first kappa shape index (κ1) is 14.4. The van der Waals surface area contributed by atoms with Gasteiger partial charge in [-0.2, -0.15) is 0 Å². The summed E-state index contributed by atoms with van der Waals surface area (Å²) in [6, 6.07) is 6.13. The van der Waals surface area contributed by atoms with Crippen molar-refractivity contribution < 1.29 is 9.47 Å². The minimum Gasteiger partial charge on any atom is -0.381 e. The SMILES string of the molecule is Brc1ccc2ncnc(N3CCOC4(CCOCC4)C3)c2c1. The van der Waals surface area contributed by atoms with Gasteiger partial charge in [-0.15, -0.1) is 0 Å². The van der Waals surface area contributed by atoms with Gasteiger partial charge in [-0.05, 0) is 18.2 Å². The van der Waals surface area contributed by atoms with Gasteiger partial charge in [0.25, 0.3) is 0 Å². The highest BCUT2D eigenvalue weighted by molar-refractivity contribution is 9.10. The molecule has 2 aliphatic heterocycles. The van der Waals surface area contributed by atoms with Gasteiger partial charge in [0.1, 0.15) is 12.1 Å². The van der Waals surface area contributed by atoms with E-state index in [1.165, 1.54) is 0 Å². The molecular formula is C16H18BrN3O2. The van der Waals surface area contributed by atoms with E-state index < -0.39 is 0 Å². The number of nitrogens with zero attached hydrogens (tertiary/aromatic N) is 3. The van der Waals surface area contributed by atoms with Crippen molar-refractivity contribution in [3.63, 3.8) is 0 Å². The van der Waals surface area contributed by atoms with Crippen molar-refractivity contribution in [1.29, 1.82) is 0 Å². The molecule has 2 fully saturated rings. The van der Waals surface area contributed by atoms with Crippen molar-refractivity contribution in [1.82, 2.24) is 9.97 Å². The Labute approximate surface area is 137 Å². The van der Waals surface area contributed by atoms with Gasteiger partial charge in [-0.1, -0.05) is 15.9 Å². The number of anilines is 1. The van der Waals surface area contributed by atoms with Crippen molar-refractivity contribution >= 4 is 32.7 Å². The Morgan fingerprint density at radius 2 is 2.00 bits per heavy atom. The molecule has 0 atom stereocenters. The summed E-state index contributed by atoms with van der Waals surface area (Å²) in [7, 11) is 0. The first-order valence-corrected chi connectivity index (χ1v) is 8.42. The zero-order chi connectivity index (χ0) is 15.0. The molecule has 1 aromatic heterocycles. The van der Waals surface area contributed by atoms with E-state index in [0.717, 1.165) is 66.9 Å². The molecule has 1 aromatic carbocycles. The second-order valence-corrected chi connectivity index (χ2v) is 6.84. The van der Waals surface area contributed by atoms with Crippen LogP contribution in [-0.2, 0) is 9.47 Å². The number of hydrogen-bond acceptors (Lipinski definition) is 5. The summed E-state index contributed by atoms with van der Waals surface area (Å²) in [4.78, 5) is 11.3. The van der Waals surface area contributed by atoms with Crippen molar-refractivity contribution in [2.24, 2.45) is 0 Å². The lowest BCUT2D eigenvalue weighted by atomic mass is 9.92. The van der Waals surface area contributed by atoms with Gasteiger partial charge in [0, 0.05) is 49.0 Å². The van der Waals surface area contributed by atoms with E-state index >= 15 is 0 Å². The molecule has 4 rings (SSSR count). The highest BCUT2D eigenvalue weighted by atomic mass is 79.9. The van der Waals surface area contributed by atoms with Crippen LogP contribution >= 0.6 is 15.9 Å². The molecule has 1 spiro atoms. The Balaban J connectivity index is 1.70. The number of halogens is 1. The monoisotopic (exact) mass is 363 g/mol. The Morgan fingerprint density at radius 1 is 1.14 bits per heavy atom. The van der Waals surface area contributed by atoms with Gasteiger partial charge in [0.15, 0.2) is 0 Å². The molecule has 6 heteroatoms. The first-order chi connectivity index (χ1) is 10.8. The Morgan fingerprint density at radius 3 is 2.86 bits per heavy atom. The Hall–Kier alpha value is -1.24. The molecule has 2 aromatic rings. The van der Waals surface area contributed by atoms with E-state index in [1.54, 1.807) is 6.33 Å². The predicted octanol–water partition coefficient (Wildman–Crippen LogP) is 2.78. The predicted molar refractivity (Wildman–Crippen MR) is 88.2 cm³/mol. The molecule has 0 N–H and O–H groups in total. The molecule has 2 saturated heterocycles. The van der Waals surface area contributed by atoms with Crippen LogP contribution in [0.15, 0.2) is 29.0 Å². The van der Waals surface area contributed by atoms with Crippen LogP contribution in [0.2, 0.25) is 0 Å². The van der Waals surface area contributed by atoms with E-state index in [1.807, 2.05) is 12.1 Å². The minimum absolute atomic E-state index is 0.0835. The molecule has 0 amide bonds. The topological polar surface area (TPSA) is 47.5 Å². The van der Waals surface area contributed by atoms with E-state index in [4.69, 9.17) is 9.47 Å². The van der Waals surface area contributed by atoms with Crippen LogP contribution in [0.3, 0.4) is 0 Å². The summed E-state index contributed by atoms with van der Waals surface area (Å²) in [6.45, 7) is 4.03. The fourth-order valence-corrected chi connectivity index (χ4v) is 3.70. The summed E-state index contributed by atoms with van der Waals surface area (Å²) in [5.41, 5.74) is 0.889. The standard InChI is InChI=1S/C16H18BrN3O2/c17-12-1-2-14-13(9-12)15(19-11-18-14)20-5-8-22-16(10-20)3-6-21-7-4-16/h1-2,9,11H,3-8,10H2. The molecule has 0 bridgehead atoms. The third-order valence-corrected chi connectivity index (χ3v) is 5.02. The molecule has 116 valence electrons. The van der Waals surface area contributed by atoms with E-state index in [0.29, 0.717) is 0 Å². The van der Waals surface area contributed by atoms with Crippen LogP contribution in [0.4, 0.5) is 5.82 Å². The van der Waals surface area contributed by atoms with E-state index in [2.05, 4.69) is 36.9 Å². The number of fused-ring (bicyclic) bond motifs is 1. The summed E-state index contributed by atoms with van der Waals surface area (Å²) >= 11 is 3.55. The van der Waals surface area contributed by atoms with Crippen LogP contribution in [0.1, 0.15) is 12.8 Å². The quantitative estimate of drug-likeness (QED) is 0.779. The van der Waals surface area contributed by atoms with Gasteiger partial charge in [-0.3, -0.25) is 0 Å². The number of rotatable bonds is 1. The maximum absolute atomic E-state index is 6.12. The zero-order valence-electron chi connectivity index (χ0n) is 12.3. The maximum atomic E-state index is 6.12. The Bertz CT molecular complexity index is 683. The lowest BCUT2D eigenvalue weighted by Crippen LogP contribution is -2.54. The molecule has 0 unspecified atom stereocenters. The smallest absolute Gasteiger partial charge is 0.140 e. The highest BCUT2D eigenvalue weighted by Gasteiger charge is 2.39. The average Bonchev–Trinajstić information content (AvgIpc) is 2.55. The van der Waals surface area contributed by atoms with Crippen molar-refractivity contribution in [2.45, 2.75) is 18.4 Å². The third kappa shape index (κ3) is 2.59. The normalized spacial score (nSPS) is 21.4. The molecule has 0 radical (unpaired) electrons. The molecular weight excluding hydrogens is 346 g/mol. The van der Waals surface area contributed by atoms with E-state index in [9.17, 15) is 0 Å². The number of benzene rings is 1. The molecule has 22 heavy (non-hydrogen) atoms. The maximum Gasteiger partial charge on any atom is 0.140 e. The molecule has 0 saturated carbocycles. The van der Waals surface area contributed by atoms with E-state index in [-0.39, 0.29) is 5.60 Å². The zero-order valence-corrected chi connectivity index (χ0v) is 13.9. The lowest BCUT2D eigenvalue weighted by molar-refractivity contribution is -0.116. The summed E-state index contributed by atoms with van der Waals surface area (Å²) in [5, 5.41) is 1.08. The second kappa shape index (κ2) is 5.76. The first-order valence-electron chi connectivity index (χ1n) is 7.63.